The Balaban J connectivity index is 1.74. The topological polar surface area (TPSA) is 45.2 Å². The molecule has 120 valence electrons. The van der Waals surface area contributed by atoms with Crippen LogP contribution in [-0.2, 0) is 0 Å². The third kappa shape index (κ3) is 3.13. The molecule has 1 N–H and O–H groups in total. The quantitative estimate of drug-likeness (QED) is 0.882. The Bertz CT molecular complexity index is 728. The highest BCUT2D eigenvalue weighted by Gasteiger charge is 2.19. The molecule has 23 heavy (non-hydrogen) atoms. The van der Waals surface area contributed by atoms with Crippen molar-refractivity contribution in [3.8, 4) is 0 Å². The first kappa shape index (κ1) is 15.3. The monoisotopic (exact) mass is 321 g/mol. The van der Waals surface area contributed by atoms with Gasteiger partial charge in [-0.1, -0.05) is 0 Å². The van der Waals surface area contributed by atoms with Gasteiger partial charge < -0.3 is 10.2 Å². The molecule has 1 aromatic heterocycles. The maximum atomic E-state index is 13.6. The molecule has 1 saturated heterocycles. The summed E-state index contributed by atoms with van der Waals surface area (Å²) in [7, 11) is 0. The molecule has 4 nitrogen and oxygen atoms in total. The standard InChI is InChI=1S/C16H14F3N3O/c17-12-5-4-11(14(18)15(12)19)16(23)21-13-6-3-10(9-20-13)22-7-1-2-8-22/h3-6,9H,1-2,7-8H2,(H,20,21,23). The normalized spacial score (nSPS) is 14.1. The van der Waals surface area contributed by atoms with E-state index in [-0.39, 0.29) is 5.82 Å². The van der Waals surface area contributed by atoms with Crippen LogP contribution in [0.15, 0.2) is 30.5 Å². The highest BCUT2D eigenvalue weighted by Crippen LogP contribution is 2.21. The number of rotatable bonds is 3. The number of hydrogen-bond acceptors (Lipinski definition) is 3. The minimum absolute atomic E-state index is 0.210. The minimum Gasteiger partial charge on any atom is -0.370 e. The SMILES string of the molecule is O=C(Nc1ccc(N2CCCC2)cn1)c1ccc(F)c(F)c1F. The molecule has 2 heterocycles. The number of nitrogens with zero attached hydrogens (tertiary/aromatic N) is 2. The Morgan fingerprint density at radius 1 is 1.04 bits per heavy atom. The molecular formula is C16H14F3N3O. The van der Waals surface area contributed by atoms with Gasteiger partial charge in [0.15, 0.2) is 17.5 Å². The van der Waals surface area contributed by atoms with Crippen LogP contribution < -0.4 is 10.2 Å². The molecule has 1 aliphatic rings. The highest BCUT2D eigenvalue weighted by atomic mass is 19.2. The first-order valence-corrected chi connectivity index (χ1v) is 7.22. The summed E-state index contributed by atoms with van der Waals surface area (Å²) < 4.78 is 39.6. The van der Waals surface area contributed by atoms with Gasteiger partial charge in [0.2, 0.25) is 0 Å². The van der Waals surface area contributed by atoms with Crippen molar-refractivity contribution in [2.24, 2.45) is 0 Å². The van der Waals surface area contributed by atoms with E-state index >= 15 is 0 Å². The summed E-state index contributed by atoms with van der Waals surface area (Å²) in [4.78, 5) is 18.2. The smallest absolute Gasteiger partial charge is 0.259 e. The van der Waals surface area contributed by atoms with Gasteiger partial charge in [0.25, 0.3) is 5.91 Å². The van der Waals surface area contributed by atoms with Crippen molar-refractivity contribution in [1.29, 1.82) is 0 Å². The summed E-state index contributed by atoms with van der Waals surface area (Å²) >= 11 is 0. The Morgan fingerprint density at radius 3 is 2.43 bits per heavy atom. The molecule has 0 atom stereocenters. The summed E-state index contributed by atoms with van der Waals surface area (Å²) in [5.74, 6) is -5.21. The summed E-state index contributed by atoms with van der Waals surface area (Å²) in [6.07, 6.45) is 3.88. The number of nitrogens with one attached hydrogen (secondary N) is 1. The lowest BCUT2D eigenvalue weighted by Crippen LogP contribution is -2.19. The third-order valence-corrected chi connectivity index (χ3v) is 3.74. The second kappa shape index (κ2) is 6.28. The fraction of sp³-hybridized carbons (Fsp3) is 0.250. The molecule has 0 unspecified atom stereocenters. The van der Waals surface area contributed by atoms with Crippen molar-refractivity contribution in [2.45, 2.75) is 12.8 Å². The van der Waals surface area contributed by atoms with Crippen molar-refractivity contribution in [3.05, 3.63) is 53.5 Å². The first-order valence-electron chi connectivity index (χ1n) is 7.22. The van der Waals surface area contributed by atoms with Gasteiger partial charge in [-0.25, -0.2) is 18.2 Å². The molecule has 0 spiro atoms. The van der Waals surface area contributed by atoms with Crippen LogP contribution >= 0.6 is 0 Å². The number of halogens is 3. The fourth-order valence-electron chi connectivity index (χ4n) is 2.51. The summed E-state index contributed by atoms with van der Waals surface area (Å²) in [5.41, 5.74) is 0.369. The van der Waals surface area contributed by atoms with Crippen LogP contribution in [0.25, 0.3) is 0 Å². The van der Waals surface area contributed by atoms with Gasteiger partial charge in [-0.05, 0) is 37.1 Å². The van der Waals surface area contributed by atoms with Crippen LogP contribution in [0.1, 0.15) is 23.2 Å². The van der Waals surface area contributed by atoms with Crippen LogP contribution in [0.3, 0.4) is 0 Å². The second-order valence-electron chi connectivity index (χ2n) is 5.27. The van der Waals surface area contributed by atoms with Gasteiger partial charge in [-0.3, -0.25) is 4.79 Å². The zero-order chi connectivity index (χ0) is 16.4. The van der Waals surface area contributed by atoms with Crippen molar-refractivity contribution < 1.29 is 18.0 Å². The van der Waals surface area contributed by atoms with Crippen molar-refractivity contribution in [1.82, 2.24) is 4.98 Å². The molecule has 1 aromatic carbocycles. The predicted molar refractivity (Wildman–Crippen MR) is 80.0 cm³/mol. The van der Waals surface area contributed by atoms with Gasteiger partial charge in [0.1, 0.15) is 5.82 Å². The Hall–Kier alpha value is -2.57. The molecule has 0 bridgehead atoms. The number of anilines is 2. The van der Waals surface area contributed by atoms with Gasteiger partial charge >= 0.3 is 0 Å². The van der Waals surface area contributed by atoms with Crippen molar-refractivity contribution in [3.63, 3.8) is 0 Å². The molecule has 0 aliphatic carbocycles. The maximum absolute atomic E-state index is 13.6. The first-order chi connectivity index (χ1) is 11.1. The number of pyridine rings is 1. The molecule has 1 amide bonds. The van der Waals surface area contributed by atoms with Crippen LogP contribution in [0.5, 0.6) is 0 Å². The van der Waals surface area contributed by atoms with Gasteiger partial charge in [0.05, 0.1) is 17.4 Å². The number of hydrogen-bond donors (Lipinski definition) is 1. The van der Waals surface area contributed by atoms with Gasteiger partial charge in [-0.2, -0.15) is 0 Å². The summed E-state index contributed by atoms with van der Waals surface area (Å²) in [6.45, 7) is 1.93. The maximum Gasteiger partial charge on any atom is 0.259 e. The Kier molecular flexibility index (Phi) is 4.18. The minimum atomic E-state index is -1.67. The summed E-state index contributed by atoms with van der Waals surface area (Å²) in [5, 5.41) is 2.37. The van der Waals surface area contributed by atoms with Gasteiger partial charge in [-0.15, -0.1) is 0 Å². The largest absolute Gasteiger partial charge is 0.370 e. The zero-order valence-electron chi connectivity index (χ0n) is 12.2. The molecule has 3 rings (SSSR count). The van der Waals surface area contributed by atoms with E-state index in [1.165, 1.54) is 0 Å². The summed E-state index contributed by atoms with van der Waals surface area (Å²) in [6, 6.07) is 4.98. The number of amides is 1. The lowest BCUT2D eigenvalue weighted by molar-refractivity contribution is 0.102. The van der Waals surface area contributed by atoms with E-state index in [2.05, 4.69) is 15.2 Å². The molecular weight excluding hydrogens is 307 g/mol. The van der Waals surface area contributed by atoms with E-state index in [9.17, 15) is 18.0 Å². The van der Waals surface area contributed by atoms with E-state index in [1.807, 2.05) is 0 Å². The van der Waals surface area contributed by atoms with E-state index in [0.717, 1.165) is 37.7 Å². The lowest BCUT2D eigenvalue weighted by atomic mass is 10.2. The average molecular weight is 321 g/mol. The molecule has 0 radical (unpaired) electrons. The van der Waals surface area contributed by atoms with E-state index in [1.54, 1.807) is 18.3 Å². The van der Waals surface area contributed by atoms with E-state index < -0.39 is 28.9 Å². The molecule has 2 aromatic rings. The number of benzene rings is 1. The average Bonchev–Trinajstić information content (AvgIpc) is 3.08. The van der Waals surface area contributed by atoms with Crippen LogP contribution in [0, 0.1) is 17.5 Å². The Labute approximate surface area is 130 Å². The van der Waals surface area contributed by atoms with Crippen LogP contribution in [0.2, 0.25) is 0 Å². The number of carbonyl (C=O) groups is 1. The van der Waals surface area contributed by atoms with Crippen molar-refractivity contribution in [2.75, 3.05) is 23.3 Å². The molecule has 7 heteroatoms. The zero-order valence-corrected chi connectivity index (χ0v) is 12.2. The number of aromatic nitrogens is 1. The fourth-order valence-corrected chi connectivity index (χ4v) is 2.51. The van der Waals surface area contributed by atoms with Gasteiger partial charge in [0, 0.05) is 13.1 Å². The van der Waals surface area contributed by atoms with Crippen molar-refractivity contribution >= 4 is 17.4 Å². The van der Waals surface area contributed by atoms with E-state index in [0.29, 0.717) is 6.07 Å². The van der Waals surface area contributed by atoms with Crippen LogP contribution in [0.4, 0.5) is 24.7 Å². The van der Waals surface area contributed by atoms with E-state index in [4.69, 9.17) is 0 Å². The number of carbonyl (C=O) groups excluding carboxylic acids is 1. The predicted octanol–water partition coefficient (Wildman–Crippen LogP) is 3.35. The molecule has 0 saturated carbocycles. The van der Waals surface area contributed by atoms with Crippen LogP contribution in [-0.4, -0.2) is 24.0 Å². The lowest BCUT2D eigenvalue weighted by Gasteiger charge is -2.17. The molecule has 1 aliphatic heterocycles. The molecule has 1 fully saturated rings. The highest BCUT2D eigenvalue weighted by molar-refractivity contribution is 6.04. The Morgan fingerprint density at radius 2 is 1.78 bits per heavy atom. The second-order valence-corrected chi connectivity index (χ2v) is 5.27. The third-order valence-electron chi connectivity index (χ3n) is 3.74.